The monoisotopic (exact) mass is 320 g/mol. The van der Waals surface area contributed by atoms with Crippen LogP contribution < -0.4 is 10.6 Å². The Labute approximate surface area is 138 Å². The number of anilines is 1. The molecule has 0 saturated carbocycles. The Balaban J connectivity index is 2.50. The molecule has 1 rings (SSSR count). The van der Waals surface area contributed by atoms with Gasteiger partial charge in [0.15, 0.2) is 0 Å². The van der Waals surface area contributed by atoms with Crippen LogP contribution in [0.1, 0.15) is 53.0 Å². The number of aryl methyl sites for hydroxylation is 1. The third-order valence-corrected chi connectivity index (χ3v) is 3.17. The van der Waals surface area contributed by atoms with E-state index in [2.05, 4.69) is 17.6 Å². The fourth-order valence-electron chi connectivity index (χ4n) is 1.94. The molecule has 2 amide bonds. The summed E-state index contributed by atoms with van der Waals surface area (Å²) in [7, 11) is 0. The number of carbonyl (C=O) groups is 2. The summed E-state index contributed by atoms with van der Waals surface area (Å²) in [5.41, 5.74) is 1.38. The summed E-state index contributed by atoms with van der Waals surface area (Å²) in [5.74, 6) is -0.280. The summed E-state index contributed by atoms with van der Waals surface area (Å²) in [6, 6.07) is 7.10. The Morgan fingerprint density at radius 1 is 1.17 bits per heavy atom. The van der Waals surface area contributed by atoms with Crippen molar-refractivity contribution in [1.29, 1.82) is 0 Å². The normalized spacial score (nSPS) is 12.4. The van der Waals surface area contributed by atoms with Crippen molar-refractivity contribution in [2.75, 3.05) is 5.32 Å². The first kappa shape index (κ1) is 19.0. The fourth-order valence-corrected chi connectivity index (χ4v) is 1.94. The number of alkyl carbamates (subject to hydrolysis) is 1. The molecule has 5 heteroatoms. The van der Waals surface area contributed by atoms with Crippen LogP contribution in [0.4, 0.5) is 10.5 Å². The molecule has 0 spiro atoms. The lowest BCUT2D eigenvalue weighted by molar-refractivity contribution is -0.117. The smallest absolute Gasteiger partial charge is 0.408 e. The van der Waals surface area contributed by atoms with E-state index in [0.717, 1.165) is 19.3 Å². The van der Waals surface area contributed by atoms with Crippen molar-refractivity contribution >= 4 is 17.7 Å². The van der Waals surface area contributed by atoms with Crippen molar-refractivity contribution in [3.05, 3.63) is 29.8 Å². The molecule has 1 aromatic rings. The second-order valence-corrected chi connectivity index (χ2v) is 6.66. The SMILES string of the molecule is CCCCc1ccc(NC(=O)[C@@H](C)NC(=O)OC(C)(C)C)cc1. The first-order valence-corrected chi connectivity index (χ1v) is 8.10. The number of hydrogen-bond donors (Lipinski definition) is 2. The van der Waals surface area contributed by atoms with E-state index in [9.17, 15) is 9.59 Å². The number of benzene rings is 1. The average Bonchev–Trinajstić information content (AvgIpc) is 2.44. The fraction of sp³-hybridized carbons (Fsp3) is 0.556. The number of nitrogens with one attached hydrogen (secondary N) is 2. The van der Waals surface area contributed by atoms with Gasteiger partial charge in [0, 0.05) is 5.69 Å². The molecule has 0 bridgehead atoms. The molecule has 0 unspecified atom stereocenters. The van der Waals surface area contributed by atoms with Crippen LogP contribution >= 0.6 is 0 Å². The topological polar surface area (TPSA) is 67.4 Å². The van der Waals surface area contributed by atoms with Crippen LogP contribution in [0.2, 0.25) is 0 Å². The predicted molar refractivity (Wildman–Crippen MR) is 92.5 cm³/mol. The van der Waals surface area contributed by atoms with Crippen LogP contribution in [0.3, 0.4) is 0 Å². The molecule has 0 aliphatic carbocycles. The van der Waals surface area contributed by atoms with Crippen LogP contribution in [0.25, 0.3) is 0 Å². The standard InChI is InChI=1S/C18H28N2O3/c1-6-7-8-14-9-11-15(12-10-14)20-16(21)13(2)19-17(22)23-18(3,4)5/h9-13H,6-8H2,1-5H3,(H,19,22)(H,20,21)/t13-/m1/s1. The highest BCUT2D eigenvalue weighted by Gasteiger charge is 2.20. The van der Waals surface area contributed by atoms with Crippen molar-refractivity contribution in [2.24, 2.45) is 0 Å². The van der Waals surface area contributed by atoms with Crippen LogP contribution in [0.15, 0.2) is 24.3 Å². The van der Waals surface area contributed by atoms with Crippen molar-refractivity contribution in [3.63, 3.8) is 0 Å². The molecular weight excluding hydrogens is 292 g/mol. The molecule has 0 aliphatic heterocycles. The van der Waals surface area contributed by atoms with Gasteiger partial charge in [-0.3, -0.25) is 4.79 Å². The quantitative estimate of drug-likeness (QED) is 0.836. The maximum Gasteiger partial charge on any atom is 0.408 e. The minimum absolute atomic E-state index is 0.280. The molecule has 23 heavy (non-hydrogen) atoms. The van der Waals surface area contributed by atoms with E-state index < -0.39 is 17.7 Å². The molecule has 0 aromatic heterocycles. The zero-order valence-corrected chi connectivity index (χ0v) is 14.7. The number of rotatable bonds is 6. The van der Waals surface area contributed by atoms with Crippen LogP contribution in [0.5, 0.6) is 0 Å². The number of ether oxygens (including phenoxy) is 1. The largest absolute Gasteiger partial charge is 0.444 e. The van der Waals surface area contributed by atoms with Gasteiger partial charge in [-0.25, -0.2) is 4.79 Å². The van der Waals surface area contributed by atoms with E-state index in [1.807, 2.05) is 24.3 Å². The van der Waals surface area contributed by atoms with Gasteiger partial charge in [0.25, 0.3) is 0 Å². The van der Waals surface area contributed by atoms with E-state index in [4.69, 9.17) is 4.74 Å². The predicted octanol–water partition coefficient (Wildman–Crippen LogP) is 3.88. The molecule has 128 valence electrons. The number of unbranched alkanes of at least 4 members (excludes halogenated alkanes) is 1. The first-order chi connectivity index (χ1) is 10.7. The molecule has 0 fully saturated rings. The molecule has 0 aliphatic rings. The minimum Gasteiger partial charge on any atom is -0.444 e. The van der Waals surface area contributed by atoms with Crippen molar-refractivity contribution in [2.45, 2.75) is 65.5 Å². The zero-order chi connectivity index (χ0) is 17.5. The van der Waals surface area contributed by atoms with Crippen LogP contribution in [-0.2, 0) is 16.0 Å². The third-order valence-electron chi connectivity index (χ3n) is 3.17. The second-order valence-electron chi connectivity index (χ2n) is 6.66. The summed E-state index contributed by atoms with van der Waals surface area (Å²) in [5, 5.41) is 5.31. The molecule has 0 heterocycles. The van der Waals surface area contributed by atoms with Crippen molar-refractivity contribution < 1.29 is 14.3 Å². The highest BCUT2D eigenvalue weighted by atomic mass is 16.6. The molecule has 5 nitrogen and oxygen atoms in total. The van der Waals surface area contributed by atoms with Gasteiger partial charge in [0.1, 0.15) is 11.6 Å². The van der Waals surface area contributed by atoms with Crippen LogP contribution in [-0.4, -0.2) is 23.6 Å². The summed E-state index contributed by atoms with van der Waals surface area (Å²) in [6.45, 7) is 9.11. The van der Waals surface area contributed by atoms with Crippen LogP contribution in [0, 0.1) is 0 Å². The summed E-state index contributed by atoms with van der Waals surface area (Å²) in [4.78, 5) is 23.7. The molecule has 1 atom stereocenters. The van der Waals surface area contributed by atoms with Gasteiger partial charge in [-0.05, 0) is 58.2 Å². The highest BCUT2D eigenvalue weighted by molar-refractivity contribution is 5.96. The Morgan fingerprint density at radius 3 is 2.30 bits per heavy atom. The minimum atomic E-state index is -0.676. The lowest BCUT2D eigenvalue weighted by atomic mass is 10.1. The summed E-state index contributed by atoms with van der Waals surface area (Å²) in [6.07, 6.45) is 2.76. The third kappa shape index (κ3) is 7.68. The van der Waals surface area contributed by atoms with E-state index in [-0.39, 0.29) is 5.91 Å². The lowest BCUT2D eigenvalue weighted by Crippen LogP contribution is -2.43. The Hall–Kier alpha value is -2.04. The number of amides is 2. The molecule has 2 N–H and O–H groups in total. The van der Waals surface area contributed by atoms with Gasteiger partial charge in [0.05, 0.1) is 0 Å². The van der Waals surface area contributed by atoms with E-state index in [1.165, 1.54) is 5.56 Å². The van der Waals surface area contributed by atoms with E-state index in [1.54, 1.807) is 27.7 Å². The Kier molecular flexibility index (Phi) is 7.07. The first-order valence-electron chi connectivity index (χ1n) is 8.10. The maximum atomic E-state index is 12.1. The van der Waals surface area contributed by atoms with Crippen molar-refractivity contribution in [3.8, 4) is 0 Å². The number of carbonyl (C=O) groups excluding carboxylic acids is 2. The van der Waals surface area contributed by atoms with Gasteiger partial charge in [-0.2, -0.15) is 0 Å². The second kappa shape index (κ2) is 8.56. The molecule has 0 saturated heterocycles. The van der Waals surface area contributed by atoms with Crippen molar-refractivity contribution in [1.82, 2.24) is 5.32 Å². The summed E-state index contributed by atoms with van der Waals surface area (Å²) < 4.78 is 5.13. The Morgan fingerprint density at radius 2 is 1.78 bits per heavy atom. The molecule has 1 aromatic carbocycles. The Bertz CT molecular complexity index is 518. The molecule has 0 radical (unpaired) electrons. The lowest BCUT2D eigenvalue weighted by Gasteiger charge is -2.21. The summed E-state index contributed by atoms with van der Waals surface area (Å²) >= 11 is 0. The van der Waals surface area contributed by atoms with Gasteiger partial charge in [-0.1, -0.05) is 25.5 Å². The average molecular weight is 320 g/mol. The highest BCUT2D eigenvalue weighted by Crippen LogP contribution is 2.12. The maximum absolute atomic E-state index is 12.1. The zero-order valence-electron chi connectivity index (χ0n) is 14.7. The molecular formula is C18H28N2O3. The van der Waals surface area contributed by atoms with E-state index in [0.29, 0.717) is 5.69 Å². The number of hydrogen-bond acceptors (Lipinski definition) is 3. The van der Waals surface area contributed by atoms with Gasteiger partial charge < -0.3 is 15.4 Å². The van der Waals surface area contributed by atoms with E-state index >= 15 is 0 Å². The van der Waals surface area contributed by atoms with Gasteiger partial charge in [-0.15, -0.1) is 0 Å². The van der Waals surface area contributed by atoms with Gasteiger partial charge in [0.2, 0.25) is 5.91 Å². The van der Waals surface area contributed by atoms with Gasteiger partial charge >= 0.3 is 6.09 Å².